The Kier molecular flexibility index (Phi) is 11.1. The van der Waals surface area contributed by atoms with E-state index in [2.05, 4.69) is 10.6 Å². The molecule has 38 heavy (non-hydrogen) atoms. The molecule has 0 spiro atoms. The van der Waals surface area contributed by atoms with E-state index in [9.17, 15) is 50.0 Å². The highest BCUT2D eigenvalue weighted by atomic mass is 16.7. The van der Waals surface area contributed by atoms with Gasteiger partial charge in [-0.05, 0) is 0 Å². The van der Waals surface area contributed by atoms with E-state index >= 15 is 0 Å². The van der Waals surface area contributed by atoms with Crippen LogP contribution in [-0.4, -0.2) is 131 Å². The van der Waals surface area contributed by atoms with E-state index in [-0.39, 0.29) is 52.6 Å². The molecule has 0 aromatic carbocycles. The third kappa shape index (κ3) is 7.94. The summed E-state index contributed by atoms with van der Waals surface area (Å²) in [6.07, 6.45) is -1.13. The van der Waals surface area contributed by atoms with Gasteiger partial charge in [-0.1, -0.05) is 0 Å². The SMILES string of the molecule is O=C(CCC(=O)NCC(CN1CCOCC1)([N+](=O)[O-])[N+](=O)[O-])NCC(CN1CCOCC1)([N+](=O)[O-])[N+](=O)[O-]. The minimum Gasteiger partial charge on any atom is -0.379 e. The number of nitrogens with zero attached hydrogens (tertiary/aromatic N) is 6. The first kappa shape index (κ1) is 30.6. The van der Waals surface area contributed by atoms with E-state index < -0.39 is 81.9 Å². The second kappa shape index (κ2) is 13.8. The number of carbonyl (C=O) groups excluding carboxylic acids is 2. The predicted molar refractivity (Wildman–Crippen MR) is 123 cm³/mol. The normalized spacial score (nSPS) is 17.4. The van der Waals surface area contributed by atoms with E-state index in [0.717, 1.165) is 0 Å². The zero-order valence-corrected chi connectivity index (χ0v) is 20.5. The monoisotopic (exact) mass is 550 g/mol. The van der Waals surface area contributed by atoms with E-state index in [4.69, 9.17) is 9.47 Å². The molecule has 2 fully saturated rings. The van der Waals surface area contributed by atoms with Gasteiger partial charge >= 0.3 is 11.3 Å². The number of nitrogens with one attached hydrogen (secondary N) is 2. The van der Waals surface area contributed by atoms with Gasteiger partial charge in [0.25, 0.3) is 0 Å². The van der Waals surface area contributed by atoms with E-state index in [1.54, 1.807) is 0 Å². The van der Waals surface area contributed by atoms with Gasteiger partial charge in [-0.15, -0.1) is 0 Å². The molecule has 0 bridgehead atoms. The number of morpholine rings is 2. The molecule has 0 saturated carbocycles. The molecule has 214 valence electrons. The molecule has 20 heteroatoms. The number of nitro groups is 4. The van der Waals surface area contributed by atoms with Crippen LogP contribution in [0, 0.1) is 40.5 Å². The van der Waals surface area contributed by atoms with Gasteiger partial charge in [0.1, 0.15) is 32.8 Å². The van der Waals surface area contributed by atoms with Crippen LogP contribution in [0.3, 0.4) is 0 Å². The number of amides is 2. The Morgan fingerprint density at radius 1 is 0.632 bits per heavy atom. The first-order chi connectivity index (χ1) is 17.9. The maximum absolute atomic E-state index is 12.2. The summed E-state index contributed by atoms with van der Waals surface area (Å²) in [4.78, 5) is 69.5. The van der Waals surface area contributed by atoms with Gasteiger partial charge in [0, 0.05) is 39.0 Å². The van der Waals surface area contributed by atoms with E-state index in [1.165, 1.54) is 9.80 Å². The van der Waals surface area contributed by atoms with Crippen LogP contribution in [0.25, 0.3) is 0 Å². The summed E-state index contributed by atoms with van der Waals surface area (Å²) in [5, 5.41) is 50.7. The topological polar surface area (TPSA) is 256 Å². The minimum absolute atomic E-state index is 0.235. The molecule has 2 rings (SSSR count). The van der Waals surface area contributed by atoms with Crippen molar-refractivity contribution in [2.24, 2.45) is 0 Å². The highest BCUT2D eigenvalue weighted by molar-refractivity contribution is 5.83. The van der Waals surface area contributed by atoms with Crippen LogP contribution in [0.15, 0.2) is 0 Å². The van der Waals surface area contributed by atoms with Crippen LogP contribution in [0.2, 0.25) is 0 Å². The van der Waals surface area contributed by atoms with Crippen LogP contribution in [0.5, 0.6) is 0 Å². The summed E-state index contributed by atoms with van der Waals surface area (Å²) in [6, 6.07) is 0. The molecule has 20 nitrogen and oxygen atoms in total. The largest absolute Gasteiger partial charge is 0.487 e. The lowest BCUT2D eigenvalue weighted by Crippen LogP contribution is -2.62. The molecule has 2 N–H and O–H groups in total. The summed E-state index contributed by atoms with van der Waals surface area (Å²) in [5.41, 5.74) is -5.46. The lowest BCUT2D eigenvalue weighted by Gasteiger charge is -2.29. The quantitative estimate of drug-likeness (QED) is 0.118. The van der Waals surface area contributed by atoms with Crippen LogP contribution in [0.4, 0.5) is 0 Å². The van der Waals surface area contributed by atoms with Crippen molar-refractivity contribution in [2.75, 3.05) is 78.8 Å². The van der Waals surface area contributed by atoms with Crippen molar-refractivity contribution in [3.8, 4) is 0 Å². The van der Waals surface area contributed by atoms with Gasteiger partial charge in [-0.3, -0.25) is 59.8 Å². The van der Waals surface area contributed by atoms with Crippen LogP contribution >= 0.6 is 0 Å². The van der Waals surface area contributed by atoms with Crippen molar-refractivity contribution < 1.29 is 38.8 Å². The standard InChI is InChI=1S/C18H30N8O12/c27-15(19-11-17(23(29)30,24(31)32)13-21-3-7-37-8-4-21)1-2-16(28)20-12-18(25(33)34,26(35)36)14-22-5-9-38-10-6-22/h1-14H2,(H,19,27)(H,20,28). The summed E-state index contributed by atoms with van der Waals surface area (Å²) < 4.78 is 10.2. The molecule has 0 aliphatic carbocycles. The fourth-order valence-electron chi connectivity index (χ4n) is 3.85. The lowest BCUT2D eigenvalue weighted by molar-refractivity contribution is -0.793. The number of hydrogen-bond donors (Lipinski definition) is 2. The van der Waals surface area contributed by atoms with Crippen molar-refractivity contribution in [3.05, 3.63) is 40.5 Å². The van der Waals surface area contributed by atoms with Gasteiger partial charge in [0.15, 0.2) is 13.1 Å². The Labute approximate surface area is 215 Å². The molecule has 0 unspecified atom stereocenters. The fourth-order valence-corrected chi connectivity index (χ4v) is 3.85. The third-order valence-corrected chi connectivity index (χ3v) is 6.24. The van der Waals surface area contributed by atoms with Crippen molar-refractivity contribution in [3.63, 3.8) is 0 Å². The molecular formula is C18H30N8O12. The number of hydrogen-bond acceptors (Lipinski definition) is 14. The van der Waals surface area contributed by atoms with Crippen molar-refractivity contribution >= 4 is 11.8 Å². The highest BCUT2D eigenvalue weighted by Crippen LogP contribution is 2.16. The molecule has 2 saturated heterocycles. The van der Waals surface area contributed by atoms with Crippen molar-refractivity contribution in [1.29, 1.82) is 0 Å². The number of ether oxygens (including phenoxy) is 2. The first-order valence-corrected chi connectivity index (χ1v) is 11.6. The Hall–Kier alpha value is -3.62. The third-order valence-electron chi connectivity index (χ3n) is 6.24. The molecule has 0 atom stereocenters. The maximum Gasteiger partial charge on any atom is 0.487 e. The first-order valence-electron chi connectivity index (χ1n) is 11.6. The van der Waals surface area contributed by atoms with Crippen LogP contribution < -0.4 is 10.6 Å². The van der Waals surface area contributed by atoms with E-state index in [0.29, 0.717) is 0 Å². The number of rotatable bonds is 15. The Bertz CT molecular complexity index is 806. The summed E-state index contributed by atoms with van der Waals surface area (Å²) >= 11 is 0. The Morgan fingerprint density at radius 2 is 0.921 bits per heavy atom. The maximum atomic E-state index is 12.2. The molecule has 2 heterocycles. The minimum atomic E-state index is -2.73. The van der Waals surface area contributed by atoms with Crippen molar-refractivity contribution in [2.45, 2.75) is 24.2 Å². The van der Waals surface area contributed by atoms with Crippen LogP contribution in [-0.2, 0) is 19.1 Å². The fraction of sp³-hybridized carbons (Fsp3) is 0.889. The zero-order chi connectivity index (χ0) is 28.3. The van der Waals surface area contributed by atoms with Gasteiger partial charge < -0.3 is 20.1 Å². The Balaban J connectivity index is 1.92. The molecule has 2 amide bonds. The molecule has 0 aromatic heterocycles. The smallest absolute Gasteiger partial charge is 0.379 e. The summed E-state index contributed by atoms with van der Waals surface area (Å²) in [5.74, 6) is -1.84. The molecule has 0 aromatic rings. The van der Waals surface area contributed by atoms with Gasteiger partial charge in [0.2, 0.25) is 11.8 Å². The summed E-state index contributed by atoms with van der Waals surface area (Å²) in [7, 11) is 0. The molecule has 2 aliphatic heterocycles. The molecular weight excluding hydrogens is 520 g/mol. The average molecular weight is 550 g/mol. The highest BCUT2D eigenvalue weighted by Gasteiger charge is 2.58. The molecule has 2 aliphatic rings. The van der Waals surface area contributed by atoms with Crippen molar-refractivity contribution in [1.82, 2.24) is 20.4 Å². The molecule has 0 radical (unpaired) electrons. The summed E-state index contributed by atoms with van der Waals surface area (Å²) in [6.45, 7) is -1.14. The van der Waals surface area contributed by atoms with E-state index in [1.807, 2.05) is 0 Å². The van der Waals surface area contributed by atoms with Gasteiger partial charge in [-0.25, -0.2) is 0 Å². The second-order valence-electron chi connectivity index (χ2n) is 8.82. The van der Waals surface area contributed by atoms with Gasteiger partial charge in [0.05, 0.1) is 26.4 Å². The predicted octanol–water partition coefficient (Wildman–Crippen LogP) is -2.84. The Morgan fingerprint density at radius 3 is 1.18 bits per heavy atom. The average Bonchev–Trinajstić information content (AvgIpc) is 2.88. The second-order valence-corrected chi connectivity index (χ2v) is 8.82. The lowest BCUT2D eigenvalue weighted by atomic mass is 10.1. The van der Waals surface area contributed by atoms with Crippen LogP contribution in [0.1, 0.15) is 12.8 Å². The number of carbonyl (C=O) groups is 2. The van der Waals surface area contributed by atoms with Gasteiger partial charge in [-0.2, -0.15) is 0 Å². The zero-order valence-electron chi connectivity index (χ0n) is 20.5.